The second kappa shape index (κ2) is 15.9. The van der Waals surface area contributed by atoms with Gasteiger partial charge in [-0.15, -0.1) is 23.1 Å². The molecule has 2 aliphatic heterocycles. The van der Waals surface area contributed by atoms with E-state index in [1.807, 2.05) is 0 Å². The minimum Gasteiger partial charge on any atom is -0.546 e. The molecule has 4 N–H and O–H groups in total. The number of nitrogens with one attached hydrogen (secondary N) is 2. The van der Waals surface area contributed by atoms with Crippen LogP contribution in [0, 0.1) is 0 Å². The second-order valence-electron chi connectivity index (χ2n) is 6.89. The van der Waals surface area contributed by atoms with E-state index in [4.69, 9.17) is 5.73 Å². The van der Waals surface area contributed by atoms with Crippen molar-refractivity contribution in [2.24, 2.45) is 5.16 Å². The van der Waals surface area contributed by atoms with E-state index in [9.17, 15) is 34.2 Å². The number of oxime groups is 1. The Bertz CT molecular complexity index is 1190. The van der Waals surface area contributed by atoms with Gasteiger partial charge in [0.15, 0.2) is 17.5 Å². The monoisotopic (exact) mass is 600 g/mol. The average Bonchev–Trinajstić information content (AvgIpc) is 3.25. The number of aromatic nitrogens is 1. The van der Waals surface area contributed by atoms with E-state index in [0.717, 1.165) is 28.0 Å². The molecule has 1 aromatic heterocycles. The molecule has 0 saturated carbocycles. The van der Waals surface area contributed by atoms with E-state index in [1.54, 1.807) is 6.92 Å². The molecule has 3 rings (SSSR count). The van der Waals surface area contributed by atoms with Crippen LogP contribution in [0.25, 0.3) is 0 Å². The average molecular weight is 601 g/mol. The first-order valence-corrected chi connectivity index (χ1v) is 12.9. The summed E-state index contributed by atoms with van der Waals surface area (Å²) in [5, 5.41) is 33.0. The third-order valence-electron chi connectivity index (χ3n) is 4.51. The summed E-state index contributed by atoms with van der Waals surface area (Å²) in [6.07, 6.45) is 1.24. The van der Waals surface area contributed by atoms with Gasteiger partial charge in [-0.05, 0) is 12.3 Å². The van der Waals surface area contributed by atoms with Gasteiger partial charge >= 0.3 is 59.1 Å². The number of thiazole rings is 1. The van der Waals surface area contributed by atoms with E-state index in [-0.39, 0.29) is 87.3 Å². The van der Waals surface area contributed by atoms with Gasteiger partial charge < -0.3 is 41.0 Å². The maximum Gasteiger partial charge on any atom is 1.00 e. The van der Waals surface area contributed by atoms with Gasteiger partial charge in [-0.25, -0.2) is 4.98 Å². The van der Waals surface area contributed by atoms with Crippen LogP contribution < -0.4 is 85.7 Å². The number of rotatable bonds is 11. The number of nitrogen functional groups attached to an aromatic ring is 1. The number of nitrogens with two attached hydrogens (primary N) is 1. The number of aliphatic carboxylic acids is 2. The van der Waals surface area contributed by atoms with E-state index in [1.165, 1.54) is 28.6 Å². The number of nitrogens with zero attached hydrogens (tertiary/aromatic N) is 3. The Balaban J connectivity index is 0.00000361. The molecule has 0 radical (unpaired) electrons. The first-order valence-electron chi connectivity index (χ1n) is 10.1. The van der Waals surface area contributed by atoms with Crippen molar-refractivity contribution >= 4 is 75.4 Å². The normalized spacial score (nSPS) is 18.5. The summed E-state index contributed by atoms with van der Waals surface area (Å²) in [6.45, 7) is 1.25. The van der Waals surface area contributed by atoms with Crippen molar-refractivity contribution < 1.29 is 98.1 Å². The number of hydrogen-bond acceptors (Lipinski definition) is 14. The fourth-order valence-corrected chi connectivity index (χ4v) is 5.91. The fraction of sp³-hybridized carbons (Fsp3) is 0.316. The van der Waals surface area contributed by atoms with Gasteiger partial charge in [-0.1, -0.05) is 16.9 Å². The van der Waals surface area contributed by atoms with Crippen molar-refractivity contribution in [3.63, 3.8) is 0 Å². The van der Waals surface area contributed by atoms with Crippen LogP contribution in [0.4, 0.5) is 5.13 Å². The van der Waals surface area contributed by atoms with Gasteiger partial charge in [0, 0.05) is 28.7 Å². The van der Waals surface area contributed by atoms with Crippen LogP contribution in [0.5, 0.6) is 0 Å². The summed E-state index contributed by atoms with van der Waals surface area (Å²) in [5.74, 6) is -4.96. The minimum atomic E-state index is -1.58. The topological polar surface area (TPSA) is 219 Å². The van der Waals surface area contributed by atoms with E-state index >= 15 is 0 Å². The van der Waals surface area contributed by atoms with Gasteiger partial charge in [0.2, 0.25) is 5.91 Å². The zero-order valence-electron chi connectivity index (χ0n) is 20.4. The molecule has 14 nitrogen and oxygen atoms in total. The van der Waals surface area contributed by atoms with Gasteiger partial charge in [0.05, 0.1) is 17.6 Å². The van der Waals surface area contributed by atoms with Crippen molar-refractivity contribution in [1.82, 2.24) is 20.5 Å². The number of β-lactam (4-membered cyclic amide) rings is 1. The summed E-state index contributed by atoms with van der Waals surface area (Å²) in [5.41, 5.74) is 4.79. The molecule has 1 aromatic rings. The Hall–Kier alpha value is -1.57. The predicted molar refractivity (Wildman–Crippen MR) is 126 cm³/mol. The van der Waals surface area contributed by atoms with Crippen molar-refractivity contribution in [3.05, 3.63) is 33.2 Å². The number of carboxylic acids is 2. The number of fused-ring (bicyclic) bond motifs is 1. The maximum atomic E-state index is 12.9. The van der Waals surface area contributed by atoms with Crippen molar-refractivity contribution in [3.8, 4) is 0 Å². The molecule has 3 heterocycles. The predicted octanol–water partition coefficient (Wildman–Crippen LogP) is -9.05. The van der Waals surface area contributed by atoms with Crippen LogP contribution in [0.3, 0.4) is 0 Å². The van der Waals surface area contributed by atoms with E-state index in [0.29, 0.717) is 11.4 Å². The van der Waals surface area contributed by atoms with Crippen LogP contribution in [0.2, 0.25) is 0 Å². The van der Waals surface area contributed by atoms with Gasteiger partial charge in [0.1, 0.15) is 17.1 Å². The fourth-order valence-electron chi connectivity index (χ4n) is 3.04. The minimum absolute atomic E-state index is 0. The molecule has 19 heteroatoms. The maximum absolute atomic E-state index is 12.9. The number of amides is 3. The molecular formula is C19H18N6Na2O8S3. The van der Waals surface area contributed by atoms with Crippen molar-refractivity contribution in [1.29, 1.82) is 0 Å². The molecule has 2 aliphatic rings. The van der Waals surface area contributed by atoms with Crippen molar-refractivity contribution in [2.75, 3.05) is 24.6 Å². The quantitative estimate of drug-likeness (QED) is 0.0709. The molecule has 0 spiro atoms. The molecule has 0 bridgehead atoms. The van der Waals surface area contributed by atoms with Crippen molar-refractivity contribution in [2.45, 2.75) is 18.3 Å². The number of carboxylic acid groups (broad SMARTS) is 2. The van der Waals surface area contributed by atoms with E-state index < -0.39 is 47.5 Å². The number of anilines is 1. The SMILES string of the molecule is CCNC(=O)/C=C\SC1=C(C(=O)[O-])N2C(=O)[C@@H](NC(=O)/C(=N\OCC(=O)[O-])c3csc(N)n3)[C@@H]2SC1.[Na+].[Na+]. The third kappa shape index (κ3) is 8.46. The van der Waals surface area contributed by atoms with Crippen LogP contribution >= 0.6 is 34.9 Å². The third-order valence-corrected chi connectivity index (χ3v) is 7.54. The van der Waals surface area contributed by atoms with Gasteiger partial charge in [-0.2, -0.15) is 0 Å². The molecule has 38 heavy (non-hydrogen) atoms. The Morgan fingerprint density at radius 3 is 2.63 bits per heavy atom. The molecule has 192 valence electrons. The number of thioether (sulfide) groups is 2. The second-order valence-corrected chi connectivity index (χ2v) is 9.89. The Morgan fingerprint density at radius 1 is 1.34 bits per heavy atom. The Kier molecular flexibility index (Phi) is 14.4. The molecule has 0 aromatic carbocycles. The number of hydrogen-bond donors (Lipinski definition) is 3. The molecule has 1 fully saturated rings. The standard InChI is InChI=1S/C19H20N6O8S3.2Na/c1-2-21-10(26)3-4-34-9-7-35-17-13(16(30)25(17)14(9)18(31)32)23-15(29)12(24-33-5-11(27)28)8-6-36-19(20)22-8;;/h3-4,6,13,17H,2,5,7H2,1H3,(H2,20,22)(H,21,26)(H,23,29)(H,27,28)(H,31,32);;/q;2*+1/p-2/b4-3-,24-12-;;/t13-,17+;;/m1../s1. The number of carbonyl (C=O) groups is 5. The summed E-state index contributed by atoms with van der Waals surface area (Å²) in [6, 6.07) is -1.11. The molecule has 0 unspecified atom stereocenters. The first-order chi connectivity index (χ1) is 17.1. The molecule has 3 amide bonds. The zero-order chi connectivity index (χ0) is 26.4. The summed E-state index contributed by atoms with van der Waals surface area (Å²) in [7, 11) is 0. The van der Waals surface area contributed by atoms with Gasteiger partial charge in [-0.3, -0.25) is 19.3 Å². The smallest absolute Gasteiger partial charge is 0.546 e. The van der Waals surface area contributed by atoms with E-state index in [2.05, 4.69) is 25.6 Å². The van der Waals surface area contributed by atoms with Crippen LogP contribution in [0.1, 0.15) is 12.6 Å². The van der Waals surface area contributed by atoms with Crippen LogP contribution in [0.15, 0.2) is 32.6 Å². The summed E-state index contributed by atoms with van der Waals surface area (Å²) >= 11 is 3.16. The largest absolute Gasteiger partial charge is 1.00 e. The molecule has 2 atom stereocenters. The first kappa shape index (κ1) is 34.5. The molecule has 1 saturated heterocycles. The number of carbonyl (C=O) groups excluding carboxylic acids is 5. The summed E-state index contributed by atoms with van der Waals surface area (Å²) in [4.78, 5) is 69.4. The van der Waals surface area contributed by atoms with Gasteiger partial charge in [0.25, 0.3) is 11.8 Å². The van der Waals surface area contributed by atoms with Crippen LogP contribution in [-0.2, 0) is 28.8 Å². The Labute approximate surface area is 272 Å². The Morgan fingerprint density at radius 2 is 2.05 bits per heavy atom. The zero-order valence-corrected chi connectivity index (χ0v) is 26.9. The summed E-state index contributed by atoms with van der Waals surface area (Å²) < 4.78 is 0. The van der Waals surface area contributed by atoms with Crippen LogP contribution in [-0.4, -0.2) is 75.6 Å². The number of likely N-dealkylation sites (N-methyl/N-ethyl adjacent to an activating group) is 1. The molecular weight excluding hydrogens is 582 g/mol. The molecule has 0 aliphatic carbocycles.